The Balaban J connectivity index is 2.09. The van der Waals surface area contributed by atoms with E-state index in [0.717, 1.165) is 12.1 Å². The number of rotatable bonds is 5. The van der Waals surface area contributed by atoms with E-state index < -0.39 is 22.9 Å². The highest BCUT2D eigenvalue weighted by Crippen LogP contribution is 2.24. The lowest BCUT2D eigenvalue weighted by Gasteiger charge is -2.14. The van der Waals surface area contributed by atoms with Crippen LogP contribution >= 0.6 is 23.2 Å². The van der Waals surface area contributed by atoms with Gasteiger partial charge in [0.1, 0.15) is 0 Å². The molecule has 1 atom stereocenters. The first kappa shape index (κ1) is 18.7. The van der Waals surface area contributed by atoms with Crippen molar-refractivity contribution >= 4 is 46.5 Å². The van der Waals surface area contributed by atoms with Gasteiger partial charge in [0, 0.05) is 12.1 Å². The number of ether oxygens (including phenoxy) is 1. The van der Waals surface area contributed by atoms with Gasteiger partial charge in [-0.15, -0.1) is 0 Å². The van der Waals surface area contributed by atoms with E-state index in [1.807, 2.05) is 0 Å². The van der Waals surface area contributed by atoms with Crippen LogP contribution in [0.1, 0.15) is 17.3 Å². The number of carbonyl (C=O) groups is 2. The molecule has 0 aliphatic heterocycles. The topological polar surface area (TPSA) is 98.5 Å². The third-order valence-electron chi connectivity index (χ3n) is 3.17. The second-order valence-corrected chi connectivity index (χ2v) is 5.75. The van der Waals surface area contributed by atoms with Crippen LogP contribution in [0.3, 0.4) is 0 Å². The Bertz CT molecular complexity index is 841. The molecule has 0 heterocycles. The van der Waals surface area contributed by atoms with Crippen LogP contribution < -0.4 is 5.32 Å². The number of nitrogens with zero attached hydrogens (tertiary/aromatic N) is 1. The summed E-state index contributed by atoms with van der Waals surface area (Å²) in [6.45, 7) is 1.36. The molecule has 2 aromatic rings. The summed E-state index contributed by atoms with van der Waals surface area (Å²) in [7, 11) is 0. The standard InChI is InChI=1S/C16H12Cl2N2O5/c1-9(15(21)19-14-5-3-2-4-13(14)18)25-16(22)11-8-10(20(23)24)6-7-12(11)17/h2-9H,1H3,(H,19,21). The Kier molecular flexibility index (Phi) is 5.95. The van der Waals surface area contributed by atoms with E-state index in [4.69, 9.17) is 27.9 Å². The monoisotopic (exact) mass is 382 g/mol. The molecule has 130 valence electrons. The van der Waals surface area contributed by atoms with Crippen LogP contribution in [0.15, 0.2) is 42.5 Å². The van der Waals surface area contributed by atoms with Gasteiger partial charge in [-0.2, -0.15) is 0 Å². The van der Waals surface area contributed by atoms with E-state index >= 15 is 0 Å². The summed E-state index contributed by atoms with van der Waals surface area (Å²) in [6, 6.07) is 9.93. The van der Waals surface area contributed by atoms with Crippen molar-refractivity contribution < 1.29 is 19.2 Å². The van der Waals surface area contributed by atoms with E-state index in [1.165, 1.54) is 13.0 Å². The lowest BCUT2D eigenvalue weighted by molar-refractivity contribution is -0.384. The average molecular weight is 383 g/mol. The molecule has 9 heteroatoms. The normalized spacial score (nSPS) is 11.5. The molecule has 0 aliphatic rings. The molecule has 0 saturated carbocycles. The van der Waals surface area contributed by atoms with Gasteiger partial charge in [0.25, 0.3) is 11.6 Å². The summed E-state index contributed by atoms with van der Waals surface area (Å²) in [5.41, 5.74) is -0.150. The van der Waals surface area contributed by atoms with E-state index in [9.17, 15) is 19.7 Å². The van der Waals surface area contributed by atoms with Crippen molar-refractivity contribution in [2.24, 2.45) is 0 Å². The highest BCUT2D eigenvalue weighted by atomic mass is 35.5. The molecule has 0 aromatic heterocycles. The summed E-state index contributed by atoms with van der Waals surface area (Å²) in [5, 5.41) is 13.6. The molecular formula is C16H12Cl2N2O5. The fourth-order valence-electron chi connectivity index (χ4n) is 1.86. The molecule has 1 amide bonds. The van der Waals surface area contributed by atoms with Gasteiger partial charge in [0.2, 0.25) is 0 Å². The van der Waals surface area contributed by atoms with Crippen molar-refractivity contribution in [3.63, 3.8) is 0 Å². The van der Waals surface area contributed by atoms with Gasteiger partial charge in [-0.05, 0) is 25.1 Å². The summed E-state index contributed by atoms with van der Waals surface area (Å²) in [4.78, 5) is 34.4. The van der Waals surface area contributed by atoms with Crippen LogP contribution in [0.5, 0.6) is 0 Å². The summed E-state index contributed by atoms with van der Waals surface area (Å²) >= 11 is 11.8. The number of amides is 1. The van der Waals surface area contributed by atoms with Crippen molar-refractivity contribution in [2.45, 2.75) is 13.0 Å². The zero-order chi connectivity index (χ0) is 18.6. The predicted molar refractivity (Wildman–Crippen MR) is 93.1 cm³/mol. The Hall–Kier alpha value is -2.64. The zero-order valence-corrected chi connectivity index (χ0v) is 14.4. The molecule has 0 fully saturated rings. The number of nitrogens with one attached hydrogen (secondary N) is 1. The second-order valence-electron chi connectivity index (χ2n) is 4.94. The van der Waals surface area contributed by atoms with Crippen LogP contribution in [0.2, 0.25) is 10.0 Å². The minimum Gasteiger partial charge on any atom is -0.449 e. The van der Waals surface area contributed by atoms with Gasteiger partial charge in [0.05, 0.1) is 26.2 Å². The second kappa shape index (κ2) is 7.96. The quantitative estimate of drug-likeness (QED) is 0.477. The van der Waals surface area contributed by atoms with E-state index in [1.54, 1.807) is 24.3 Å². The van der Waals surface area contributed by atoms with Gasteiger partial charge < -0.3 is 10.1 Å². The molecule has 25 heavy (non-hydrogen) atoms. The number of hydrogen-bond donors (Lipinski definition) is 1. The number of nitro benzene ring substituents is 1. The van der Waals surface area contributed by atoms with E-state index in [-0.39, 0.29) is 16.3 Å². The molecule has 0 bridgehead atoms. The number of non-ortho nitro benzene ring substituents is 1. The largest absolute Gasteiger partial charge is 0.449 e. The van der Waals surface area contributed by atoms with Gasteiger partial charge in [0.15, 0.2) is 6.10 Å². The molecule has 0 aliphatic carbocycles. The zero-order valence-electron chi connectivity index (χ0n) is 12.9. The van der Waals surface area contributed by atoms with Crippen molar-refractivity contribution in [1.29, 1.82) is 0 Å². The molecule has 0 radical (unpaired) electrons. The molecule has 1 N–H and O–H groups in total. The fourth-order valence-corrected chi connectivity index (χ4v) is 2.24. The number of carbonyl (C=O) groups excluding carboxylic acids is 2. The predicted octanol–water partition coefficient (Wildman–Crippen LogP) is 4.09. The fraction of sp³-hybridized carbons (Fsp3) is 0.125. The number of para-hydroxylation sites is 1. The van der Waals surface area contributed by atoms with Crippen LogP contribution in [-0.4, -0.2) is 22.9 Å². The lowest BCUT2D eigenvalue weighted by Crippen LogP contribution is -2.30. The first-order valence-electron chi connectivity index (χ1n) is 7.00. The van der Waals surface area contributed by atoms with E-state index in [0.29, 0.717) is 10.7 Å². The first-order chi connectivity index (χ1) is 11.8. The number of hydrogen-bond acceptors (Lipinski definition) is 5. The maximum atomic E-state index is 12.1. The smallest absolute Gasteiger partial charge is 0.340 e. The lowest BCUT2D eigenvalue weighted by atomic mass is 10.2. The summed E-state index contributed by atoms with van der Waals surface area (Å²) in [5.74, 6) is -1.56. The first-order valence-corrected chi connectivity index (χ1v) is 7.75. The van der Waals surface area contributed by atoms with E-state index in [2.05, 4.69) is 5.32 Å². The minimum atomic E-state index is -1.17. The minimum absolute atomic E-state index is 0.0192. The Labute approximate surface area is 152 Å². The Morgan fingerprint density at radius 1 is 1.16 bits per heavy atom. The highest BCUT2D eigenvalue weighted by molar-refractivity contribution is 6.34. The average Bonchev–Trinajstić information content (AvgIpc) is 2.56. The highest BCUT2D eigenvalue weighted by Gasteiger charge is 2.23. The summed E-state index contributed by atoms with van der Waals surface area (Å²) < 4.78 is 5.02. The molecule has 2 aromatic carbocycles. The van der Waals surface area contributed by atoms with Crippen molar-refractivity contribution in [3.05, 3.63) is 68.2 Å². The number of benzene rings is 2. The molecule has 2 rings (SSSR count). The van der Waals surface area contributed by atoms with Crippen molar-refractivity contribution in [3.8, 4) is 0 Å². The summed E-state index contributed by atoms with van der Waals surface area (Å²) in [6.07, 6.45) is -1.17. The van der Waals surface area contributed by atoms with Gasteiger partial charge in [-0.25, -0.2) is 4.79 Å². The van der Waals surface area contributed by atoms with Crippen molar-refractivity contribution in [2.75, 3.05) is 5.32 Å². The molecule has 0 saturated heterocycles. The van der Waals surface area contributed by atoms with Gasteiger partial charge in [-0.3, -0.25) is 14.9 Å². The number of nitro groups is 1. The van der Waals surface area contributed by atoms with Gasteiger partial charge in [-0.1, -0.05) is 35.3 Å². The maximum Gasteiger partial charge on any atom is 0.340 e. The third-order valence-corrected chi connectivity index (χ3v) is 3.82. The van der Waals surface area contributed by atoms with Crippen molar-refractivity contribution in [1.82, 2.24) is 0 Å². The molecule has 1 unspecified atom stereocenters. The van der Waals surface area contributed by atoms with Gasteiger partial charge >= 0.3 is 5.97 Å². The number of halogens is 2. The Morgan fingerprint density at radius 2 is 1.84 bits per heavy atom. The van der Waals surface area contributed by atoms with Crippen LogP contribution in [0.25, 0.3) is 0 Å². The molecule has 0 spiro atoms. The SMILES string of the molecule is CC(OC(=O)c1cc([N+](=O)[O-])ccc1Cl)C(=O)Nc1ccccc1Cl. The molecule has 7 nitrogen and oxygen atoms in total. The van der Waals surface area contributed by atoms with Crippen LogP contribution in [0.4, 0.5) is 11.4 Å². The number of anilines is 1. The van der Waals surface area contributed by atoms with Crippen LogP contribution in [0, 0.1) is 10.1 Å². The molecular weight excluding hydrogens is 371 g/mol. The third kappa shape index (κ3) is 4.68. The number of esters is 1. The maximum absolute atomic E-state index is 12.1. The Morgan fingerprint density at radius 3 is 2.48 bits per heavy atom. The van der Waals surface area contributed by atoms with Crippen LogP contribution in [-0.2, 0) is 9.53 Å².